The number of halogens is 3. The fraction of sp³-hybridized carbons (Fsp3) is 0.0833. The van der Waals surface area contributed by atoms with Crippen LogP contribution in [0.3, 0.4) is 0 Å². The summed E-state index contributed by atoms with van der Waals surface area (Å²) in [6.45, 7) is 1.87. The molecule has 0 unspecified atom stereocenters. The Morgan fingerprint density at radius 1 is 1.29 bits per heavy atom. The molecule has 0 bridgehead atoms. The van der Waals surface area contributed by atoms with Crippen molar-refractivity contribution in [2.75, 3.05) is 0 Å². The molecule has 0 aliphatic heterocycles. The minimum Gasteiger partial charge on any atom is -0.288 e. The topological polar surface area (TPSA) is 17.1 Å². The van der Waals surface area contributed by atoms with Gasteiger partial charge in [-0.15, -0.1) is 11.3 Å². The van der Waals surface area contributed by atoms with Crippen LogP contribution in [0, 0.1) is 6.92 Å². The molecule has 0 saturated heterocycles. The standard InChI is InChI=1S/C12H7BrCl2OS/c1-6-4-10(17-12(6)15)11(16)8-5-7(13)2-3-9(8)14/h2-5H,1H3. The summed E-state index contributed by atoms with van der Waals surface area (Å²) in [4.78, 5) is 12.8. The molecule has 0 atom stereocenters. The van der Waals surface area contributed by atoms with Crippen molar-refractivity contribution < 1.29 is 4.79 Å². The third-order valence-electron chi connectivity index (χ3n) is 2.25. The Hall–Kier alpha value is -0.350. The number of ketones is 1. The number of carbonyl (C=O) groups is 1. The van der Waals surface area contributed by atoms with Crippen molar-refractivity contribution >= 4 is 56.3 Å². The summed E-state index contributed by atoms with van der Waals surface area (Å²) in [5, 5.41) is 0.445. The average Bonchev–Trinajstić information content (AvgIpc) is 2.62. The number of aryl methyl sites for hydroxylation is 1. The minimum atomic E-state index is -0.101. The van der Waals surface area contributed by atoms with Crippen LogP contribution in [0.15, 0.2) is 28.7 Å². The molecule has 0 amide bonds. The first-order valence-corrected chi connectivity index (χ1v) is 7.11. The quantitative estimate of drug-likeness (QED) is 0.667. The van der Waals surface area contributed by atoms with Crippen LogP contribution in [0.1, 0.15) is 20.8 Å². The van der Waals surface area contributed by atoms with Gasteiger partial charge in [0.2, 0.25) is 5.78 Å². The lowest BCUT2D eigenvalue weighted by Gasteiger charge is -2.02. The zero-order chi connectivity index (χ0) is 12.6. The Kier molecular flexibility index (Phi) is 3.93. The van der Waals surface area contributed by atoms with E-state index < -0.39 is 0 Å². The van der Waals surface area contributed by atoms with Gasteiger partial charge < -0.3 is 0 Å². The lowest BCUT2D eigenvalue weighted by atomic mass is 10.1. The smallest absolute Gasteiger partial charge is 0.204 e. The molecule has 88 valence electrons. The van der Waals surface area contributed by atoms with E-state index in [0.29, 0.717) is 19.8 Å². The highest BCUT2D eigenvalue weighted by Crippen LogP contribution is 2.31. The molecule has 0 radical (unpaired) electrons. The van der Waals surface area contributed by atoms with E-state index in [1.54, 1.807) is 24.3 Å². The molecular formula is C12H7BrCl2OS. The molecule has 0 fully saturated rings. The van der Waals surface area contributed by atoms with Gasteiger partial charge in [0.25, 0.3) is 0 Å². The molecule has 1 aromatic heterocycles. The van der Waals surface area contributed by atoms with E-state index in [9.17, 15) is 4.79 Å². The number of benzene rings is 1. The molecule has 5 heteroatoms. The Morgan fingerprint density at radius 2 is 2.00 bits per heavy atom. The second-order valence-corrected chi connectivity index (χ2v) is 6.50. The normalized spacial score (nSPS) is 10.6. The van der Waals surface area contributed by atoms with Crippen molar-refractivity contribution in [2.45, 2.75) is 6.92 Å². The van der Waals surface area contributed by atoms with Crippen LogP contribution < -0.4 is 0 Å². The van der Waals surface area contributed by atoms with Crippen molar-refractivity contribution in [3.8, 4) is 0 Å². The van der Waals surface area contributed by atoms with E-state index in [1.807, 2.05) is 6.92 Å². The monoisotopic (exact) mass is 348 g/mol. The molecule has 0 N–H and O–H groups in total. The van der Waals surface area contributed by atoms with E-state index in [2.05, 4.69) is 15.9 Å². The highest BCUT2D eigenvalue weighted by molar-refractivity contribution is 9.10. The van der Waals surface area contributed by atoms with E-state index in [4.69, 9.17) is 23.2 Å². The molecule has 1 nitrogen and oxygen atoms in total. The largest absolute Gasteiger partial charge is 0.288 e. The summed E-state index contributed by atoms with van der Waals surface area (Å²) in [5.74, 6) is -0.101. The van der Waals surface area contributed by atoms with Crippen LogP contribution in [0.5, 0.6) is 0 Å². The number of hydrogen-bond acceptors (Lipinski definition) is 2. The van der Waals surface area contributed by atoms with Crippen LogP contribution in [0.4, 0.5) is 0 Å². The second kappa shape index (κ2) is 5.11. The van der Waals surface area contributed by atoms with E-state index in [-0.39, 0.29) is 5.78 Å². The van der Waals surface area contributed by atoms with Gasteiger partial charge in [-0.3, -0.25) is 4.79 Å². The van der Waals surface area contributed by atoms with Crippen LogP contribution in [-0.2, 0) is 0 Å². The van der Waals surface area contributed by atoms with Gasteiger partial charge in [0, 0.05) is 10.0 Å². The van der Waals surface area contributed by atoms with Gasteiger partial charge in [-0.05, 0) is 36.8 Å². The molecule has 0 saturated carbocycles. The first-order chi connectivity index (χ1) is 7.99. The minimum absolute atomic E-state index is 0.101. The van der Waals surface area contributed by atoms with E-state index in [0.717, 1.165) is 10.0 Å². The van der Waals surface area contributed by atoms with E-state index >= 15 is 0 Å². The molecule has 17 heavy (non-hydrogen) atoms. The average molecular weight is 350 g/mol. The number of carbonyl (C=O) groups excluding carboxylic acids is 1. The summed E-state index contributed by atoms with van der Waals surface area (Å²) in [6, 6.07) is 6.99. The summed E-state index contributed by atoms with van der Waals surface area (Å²) < 4.78 is 1.46. The molecule has 1 aromatic carbocycles. The second-order valence-electron chi connectivity index (χ2n) is 3.52. The third kappa shape index (κ3) is 2.74. The number of rotatable bonds is 2. The molecule has 1 heterocycles. The van der Waals surface area contributed by atoms with Gasteiger partial charge >= 0.3 is 0 Å². The van der Waals surface area contributed by atoms with Crippen molar-refractivity contribution in [1.82, 2.24) is 0 Å². The molecule has 0 aliphatic rings. The number of hydrogen-bond donors (Lipinski definition) is 0. The Bertz CT molecular complexity index is 573. The summed E-state index contributed by atoms with van der Waals surface area (Å²) in [7, 11) is 0. The summed E-state index contributed by atoms with van der Waals surface area (Å²) in [6.07, 6.45) is 0. The van der Waals surface area contributed by atoms with Gasteiger partial charge in [0.1, 0.15) is 0 Å². The fourth-order valence-corrected chi connectivity index (χ4v) is 3.10. The van der Waals surface area contributed by atoms with Gasteiger partial charge in [0.05, 0.1) is 14.2 Å². The third-order valence-corrected chi connectivity index (χ3v) is 4.63. The molecule has 0 spiro atoms. The Labute approximate surface area is 121 Å². The van der Waals surface area contributed by atoms with Crippen LogP contribution >= 0.6 is 50.5 Å². The lowest BCUT2D eigenvalue weighted by molar-refractivity contribution is 0.104. The first kappa shape index (κ1) is 13.1. The molecular weight excluding hydrogens is 343 g/mol. The van der Waals surface area contributed by atoms with Crippen molar-refractivity contribution in [1.29, 1.82) is 0 Å². The maximum Gasteiger partial charge on any atom is 0.204 e. The summed E-state index contributed by atoms with van der Waals surface area (Å²) >= 11 is 16.6. The summed E-state index contributed by atoms with van der Waals surface area (Å²) in [5.41, 5.74) is 1.39. The maximum atomic E-state index is 12.2. The fourth-order valence-electron chi connectivity index (χ4n) is 1.38. The van der Waals surface area contributed by atoms with Crippen molar-refractivity contribution in [3.63, 3.8) is 0 Å². The highest BCUT2D eigenvalue weighted by Gasteiger charge is 2.16. The Balaban J connectivity index is 2.47. The SMILES string of the molecule is Cc1cc(C(=O)c2cc(Br)ccc2Cl)sc1Cl. The van der Waals surface area contributed by atoms with Gasteiger partial charge in [-0.1, -0.05) is 39.1 Å². The highest BCUT2D eigenvalue weighted by atomic mass is 79.9. The zero-order valence-electron chi connectivity index (χ0n) is 8.76. The van der Waals surface area contributed by atoms with Crippen LogP contribution in [0.25, 0.3) is 0 Å². The van der Waals surface area contributed by atoms with E-state index in [1.165, 1.54) is 11.3 Å². The predicted octanol–water partition coefficient (Wildman–Crippen LogP) is 5.36. The van der Waals surface area contributed by atoms with Gasteiger partial charge in [-0.2, -0.15) is 0 Å². The zero-order valence-corrected chi connectivity index (χ0v) is 12.7. The van der Waals surface area contributed by atoms with Crippen LogP contribution in [-0.4, -0.2) is 5.78 Å². The van der Waals surface area contributed by atoms with Gasteiger partial charge in [-0.25, -0.2) is 0 Å². The predicted molar refractivity (Wildman–Crippen MR) is 76.7 cm³/mol. The van der Waals surface area contributed by atoms with Crippen molar-refractivity contribution in [2.24, 2.45) is 0 Å². The van der Waals surface area contributed by atoms with Crippen LogP contribution in [0.2, 0.25) is 9.36 Å². The molecule has 2 aromatic rings. The maximum absolute atomic E-state index is 12.2. The lowest BCUT2D eigenvalue weighted by Crippen LogP contribution is -1.99. The molecule has 2 rings (SSSR count). The number of thiophene rings is 1. The molecule has 0 aliphatic carbocycles. The Morgan fingerprint density at radius 3 is 2.59 bits per heavy atom. The van der Waals surface area contributed by atoms with Crippen molar-refractivity contribution in [3.05, 3.63) is 54.1 Å². The first-order valence-electron chi connectivity index (χ1n) is 4.74. The van der Waals surface area contributed by atoms with Gasteiger partial charge in [0.15, 0.2) is 0 Å².